The summed E-state index contributed by atoms with van der Waals surface area (Å²) in [7, 11) is 0. The Labute approximate surface area is 116 Å². The second kappa shape index (κ2) is 5.81. The van der Waals surface area contributed by atoms with Crippen molar-refractivity contribution in [2.75, 3.05) is 0 Å². The van der Waals surface area contributed by atoms with Crippen molar-refractivity contribution in [3.05, 3.63) is 30.2 Å². The Morgan fingerprint density at radius 1 is 1.33 bits per heavy atom. The topological polar surface area (TPSA) is 77.2 Å². The minimum absolute atomic E-state index is 0.0810. The number of aromatic nitrogens is 2. The zero-order chi connectivity index (χ0) is 15.5. The first-order valence-corrected chi connectivity index (χ1v) is 5.77. The van der Waals surface area contributed by atoms with Gasteiger partial charge in [-0.3, -0.25) is 4.79 Å². The Kier molecular flexibility index (Phi) is 4.10. The zero-order valence-corrected chi connectivity index (χ0v) is 10.8. The van der Waals surface area contributed by atoms with Crippen LogP contribution >= 0.6 is 0 Å². The van der Waals surface area contributed by atoms with Gasteiger partial charge >= 0.3 is 6.36 Å². The fourth-order valence-corrected chi connectivity index (χ4v) is 1.45. The van der Waals surface area contributed by atoms with Crippen LogP contribution < -0.4 is 10.1 Å². The zero-order valence-electron chi connectivity index (χ0n) is 10.8. The average Bonchev–Trinajstić information content (AvgIpc) is 2.84. The van der Waals surface area contributed by atoms with Crippen molar-refractivity contribution in [1.82, 2.24) is 15.5 Å². The number of hydrogen-bond acceptors (Lipinski definition) is 5. The van der Waals surface area contributed by atoms with Gasteiger partial charge in [0.1, 0.15) is 5.75 Å². The fraction of sp³-hybridized carbons (Fsp3) is 0.250. The number of rotatable bonds is 4. The molecule has 1 aromatic carbocycles. The molecule has 0 saturated heterocycles. The molecule has 0 aliphatic rings. The summed E-state index contributed by atoms with van der Waals surface area (Å²) in [5.74, 6) is -0.193. The normalized spacial score (nSPS) is 11.2. The molecule has 1 amide bonds. The third kappa shape index (κ3) is 4.48. The number of carbonyl (C=O) groups excluding carboxylic acids is 1. The Balaban J connectivity index is 2.07. The number of carbonyl (C=O) groups is 1. The van der Waals surface area contributed by atoms with Crippen molar-refractivity contribution in [3.63, 3.8) is 0 Å². The smallest absolute Gasteiger partial charge is 0.406 e. The average molecular weight is 301 g/mol. The predicted molar refractivity (Wildman–Crippen MR) is 63.9 cm³/mol. The molecule has 0 spiro atoms. The largest absolute Gasteiger partial charge is 0.573 e. The SMILES string of the molecule is CC(=O)NCc1nc(-c2ccc(OC(F)(F)F)cc2)no1. The van der Waals surface area contributed by atoms with Gasteiger partial charge in [0.25, 0.3) is 0 Å². The predicted octanol–water partition coefficient (Wildman–Crippen LogP) is 2.27. The molecule has 0 saturated carbocycles. The van der Waals surface area contributed by atoms with Crippen LogP contribution in [0.25, 0.3) is 11.4 Å². The van der Waals surface area contributed by atoms with Gasteiger partial charge in [-0.15, -0.1) is 13.2 Å². The second-order valence-electron chi connectivity index (χ2n) is 3.99. The molecule has 112 valence electrons. The van der Waals surface area contributed by atoms with Crippen LogP contribution in [0.5, 0.6) is 5.75 Å². The quantitative estimate of drug-likeness (QED) is 0.937. The van der Waals surface area contributed by atoms with Gasteiger partial charge in [-0.05, 0) is 24.3 Å². The van der Waals surface area contributed by atoms with E-state index in [1.165, 1.54) is 19.1 Å². The fourth-order valence-electron chi connectivity index (χ4n) is 1.45. The summed E-state index contributed by atoms with van der Waals surface area (Å²) in [6.45, 7) is 1.42. The lowest BCUT2D eigenvalue weighted by molar-refractivity contribution is -0.274. The third-order valence-corrected chi connectivity index (χ3v) is 2.30. The van der Waals surface area contributed by atoms with E-state index in [9.17, 15) is 18.0 Å². The number of halogens is 3. The molecule has 0 bridgehead atoms. The summed E-state index contributed by atoms with van der Waals surface area (Å²) in [4.78, 5) is 14.7. The van der Waals surface area contributed by atoms with E-state index in [4.69, 9.17) is 4.52 Å². The van der Waals surface area contributed by atoms with Crippen LogP contribution in [-0.4, -0.2) is 22.4 Å². The van der Waals surface area contributed by atoms with Gasteiger partial charge in [-0.25, -0.2) is 0 Å². The van der Waals surface area contributed by atoms with Crippen molar-refractivity contribution in [3.8, 4) is 17.1 Å². The molecule has 0 radical (unpaired) electrons. The first-order valence-electron chi connectivity index (χ1n) is 5.77. The molecule has 9 heteroatoms. The molecule has 0 aliphatic heterocycles. The van der Waals surface area contributed by atoms with Crippen LogP contribution in [0.1, 0.15) is 12.8 Å². The summed E-state index contributed by atoms with van der Waals surface area (Å²) >= 11 is 0. The standard InChI is InChI=1S/C12H10F3N3O3/c1-7(19)16-6-10-17-11(18-21-10)8-2-4-9(5-3-8)20-12(13,14)15/h2-5H,6H2,1H3,(H,16,19). The van der Waals surface area contributed by atoms with E-state index in [-0.39, 0.29) is 29.9 Å². The first-order chi connectivity index (χ1) is 9.83. The Morgan fingerprint density at radius 2 is 2.00 bits per heavy atom. The summed E-state index contributed by atoms with van der Waals surface area (Å²) in [6.07, 6.45) is -4.74. The van der Waals surface area contributed by atoms with Crippen LogP contribution in [0, 0.1) is 0 Å². The van der Waals surface area contributed by atoms with Crippen molar-refractivity contribution in [1.29, 1.82) is 0 Å². The highest BCUT2D eigenvalue weighted by molar-refractivity contribution is 5.72. The number of amides is 1. The van der Waals surface area contributed by atoms with Gasteiger partial charge in [0.05, 0.1) is 6.54 Å². The van der Waals surface area contributed by atoms with Crippen molar-refractivity contribution < 1.29 is 27.2 Å². The molecular formula is C12H10F3N3O3. The number of nitrogens with zero attached hydrogens (tertiary/aromatic N) is 2. The first kappa shape index (κ1) is 14.8. The highest BCUT2D eigenvalue weighted by atomic mass is 19.4. The highest BCUT2D eigenvalue weighted by Gasteiger charge is 2.31. The second-order valence-corrected chi connectivity index (χ2v) is 3.99. The van der Waals surface area contributed by atoms with E-state index in [0.717, 1.165) is 12.1 Å². The van der Waals surface area contributed by atoms with E-state index in [2.05, 4.69) is 20.2 Å². The lowest BCUT2D eigenvalue weighted by Gasteiger charge is -2.08. The summed E-state index contributed by atoms with van der Waals surface area (Å²) in [5, 5.41) is 6.15. The minimum Gasteiger partial charge on any atom is -0.406 e. The van der Waals surface area contributed by atoms with Gasteiger partial charge < -0.3 is 14.6 Å². The Bertz CT molecular complexity index is 623. The monoisotopic (exact) mass is 301 g/mol. The van der Waals surface area contributed by atoms with E-state index >= 15 is 0 Å². The lowest BCUT2D eigenvalue weighted by Crippen LogP contribution is -2.18. The van der Waals surface area contributed by atoms with Crippen LogP contribution in [0.2, 0.25) is 0 Å². The molecule has 0 fully saturated rings. The maximum atomic E-state index is 12.0. The minimum atomic E-state index is -4.74. The van der Waals surface area contributed by atoms with Crippen LogP contribution in [-0.2, 0) is 11.3 Å². The number of nitrogens with one attached hydrogen (secondary N) is 1. The van der Waals surface area contributed by atoms with Crippen LogP contribution in [0.15, 0.2) is 28.8 Å². The van der Waals surface area contributed by atoms with Crippen molar-refractivity contribution in [2.45, 2.75) is 19.8 Å². The van der Waals surface area contributed by atoms with Gasteiger partial charge in [0.2, 0.25) is 17.6 Å². The van der Waals surface area contributed by atoms with Gasteiger partial charge in [0.15, 0.2) is 0 Å². The molecule has 1 N–H and O–H groups in total. The van der Waals surface area contributed by atoms with E-state index in [0.29, 0.717) is 5.56 Å². The molecule has 0 atom stereocenters. The molecule has 6 nitrogen and oxygen atoms in total. The van der Waals surface area contributed by atoms with Crippen LogP contribution in [0.4, 0.5) is 13.2 Å². The Morgan fingerprint density at radius 3 is 2.57 bits per heavy atom. The molecule has 0 aliphatic carbocycles. The van der Waals surface area contributed by atoms with E-state index < -0.39 is 6.36 Å². The molecule has 1 heterocycles. The Hall–Kier alpha value is -2.58. The number of ether oxygens (including phenoxy) is 1. The number of hydrogen-bond donors (Lipinski definition) is 1. The molecule has 21 heavy (non-hydrogen) atoms. The highest BCUT2D eigenvalue weighted by Crippen LogP contribution is 2.25. The van der Waals surface area contributed by atoms with Crippen molar-refractivity contribution in [2.24, 2.45) is 0 Å². The number of benzene rings is 1. The van der Waals surface area contributed by atoms with Crippen LogP contribution in [0.3, 0.4) is 0 Å². The lowest BCUT2D eigenvalue weighted by atomic mass is 10.2. The summed E-state index contributed by atoms with van der Waals surface area (Å²) < 4.78 is 44.7. The number of alkyl halides is 3. The molecule has 1 aromatic heterocycles. The van der Waals surface area contributed by atoms with Crippen molar-refractivity contribution >= 4 is 5.91 Å². The van der Waals surface area contributed by atoms with Gasteiger partial charge in [-0.2, -0.15) is 4.98 Å². The maximum Gasteiger partial charge on any atom is 0.573 e. The van der Waals surface area contributed by atoms with E-state index in [1.54, 1.807) is 0 Å². The molecule has 2 rings (SSSR count). The third-order valence-electron chi connectivity index (χ3n) is 2.30. The van der Waals surface area contributed by atoms with E-state index in [1.807, 2.05) is 0 Å². The molecule has 2 aromatic rings. The van der Waals surface area contributed by atoms with Gasteiger partial charge in [0, 0.05) is 12.5 Å². The molecule has 0 unspecified atom stereocenters. The summed E-state index contributed by atoms with van der Waals surface area (Å²) in [5.41, 5.74) is 0.461. The summed E-state index contributed by atoms with van der Waals surface area (Å²) in [6, 6.07) is 5.03. The molecular weight excluding hydrogens is 291 g/mol. The van der Waals surface area contributed by atoms with Gasteiger partial charge in [-0.1, -0.05) is 5.16 Å². The maximum absolute atomic E-state index is 12.0.